The SMILES string of the molecule is Cc1ccnc(OC2CCOCC2)c1Br. The van der Waals surface area contributed by atoms with Crippen LogP contribution < -0.4 is 4.74 Å². The highest BCUT2D eigenvalue weighted by atomic mass is 79.9. The fourth-order valence-corrected chi connectivity index (χ4v) is 1.88. The molecule has 0 N–H and O–H groups in total. The van der Waals surface area contributed by atoms with Gasteiger partial charge in [-0.25, -0.2) is 4.98 Å². The highest BCUT2D eigenvalue weighted by molar-refractivity contribution is 9.10. The monoisotopic (exact) mass is 271 g/mol. The predicted molar refractivity (Wildman–Crippen MR) is 61.1 cm³/mol. The summed E-state index contributed by atoms with van der Waals surface area (Å²) >= 11 is 3.49. The van der Waals surface area contributed by atoms with Crippen molar-refractivity contribution in [1.82, 2.24) is 4.98 Å². The second-order valence-electron chi connectivity index (χ2n) is 3.68. The quantitative estimate of drug-likeness (QED) is 0.829. The predicted octanol–water partition coefficient (Wildman–Crippen LogP) is 2.71. The lowest BCUT2D eigenvalue weighted by molar-refractivity contribution is 0.0234. The van der Waals surface area contributed by atoms with Gasteiger partial charge >= 0.3 is 0 Å². The zero-order valence-electron chi connectivity index (χ0n) is 8.70. The molecule has 0 unspecified atom stereocenters. The standard InChI is InChI=1S/C11H14BrNO2/c1-8-2-5-13-11(10(8)12)15-9-3-6-14-7-4-9/h2,5,9H,3-4,6-7H2,1H3. The molecule has 0 aliphatic carbocycles. The van der Waals surface area contributed by atoms with Crippen LogP contribution in [-0.4, -0.2) is 24.3 Å². The Kier molecular flexibility index (Phi) is 3.59. The lowest BCUT2D eigenvalue weighted by atomic mass is 10.1. The summed E-state index contributed by atoms with van der Waals surface area (Å²) in [6, 6.07) is 1.96. The molecule has 0 bridgehead atoms. The summed E-state index contributed by atoms with van der Waals surface area (Å²) in [6.45, 7) is 3.60. The van der Waals surface area contributed by atoms with Crippen LogP contribution in [-0.2, 0) is 4.74 Å². The topological polar surface area (TPSA) is 31.4 Å². The molecule has 0 aromatic carbocycles. The first-order chi connectivity index (χ1) is 7.27. The van der Waals surface area contributed by atoms with Crippen molar-refractivity contribution in [2.75, 3.05) is 13.2 Å². The fraction of sp³-hybridized carbons (Fsp3) is 0.545. The van der Waals surface area contributed by atoms with Crippen molar-refractivity contribution < 1.29 is 9.47 Å². The van der Waals surface area contributed by atoms with E-state index in [0.717, 1.165) is 36.1 Å². The molecule has 0 atom stereocenters. The van der Waals surface area contributed by atoms with Crippen molar-refractivity contribution in [1.29, 1.82) is 0 Å². The summed E-state index contributed by atoms with van der Waals surface area (Å²) in [5.74, 6) is 0.696. The zero-order valence-corrected chi connectivity index (χ0v) is 10.3. The van der Waals surface area contributed by atoms with Crippen LogP contribution in [0.1, 0.15) is 18.4 Å². The van der Waals surface area contributed by atoms with E-state index >= 15 is 0 Å². The van der Waals surface area contributed by atoms with Crippen LogP contribution in [0.2, 0.25) is 0 Å². The summed E-state index contributed by atoms with van der Waals surface area (Å²) in [6.07, 6.45) is 3.91. The van der Waals surface area contributed by atoms with Gasteiger partial charge < -0.3 is 9.47 Å². The van der Waals surface area contributed by atoms with E-state index in [4.69, 9.17) is 9.47 Å². The minimum Gasteiger partial charge on any atom is -0.473 e. The van der Waals surface area contributed by atoms with E-state index < -0.39 is 0 Å². The molecule has 0 amide bonds. The Labute approximate surface area is 97.9 Å². The van der Waals surface area contributed by atoms with Gasteiger partial charge in [-0.05, 0) is 34.5 Å². The van der Waals surface area contributed by atoms with Crippen LogP contribution in [0.3, 0.4) is 0 Å². The van der Waals surface area contributed by atoms with Gasteiger partial charge in [0, 0.05) is 19.0 Å². The third kappa shape index (κ3) is 2.69. The molecule has 1 fully saturated rings. The van der Waals surface area contributed by atoms with Crippen LogP contribution in [0.4, 0.5) is 0 Å². The Morgan fingerprint density at radius 2 is 2.20 bits per heavy atom. The second-order valence-corrected chi connectivity index (χ2v) is 4.47. The summed E-state index contributed by atoms with van der Waals surface area (Å²) in [5.41, 5.74) is 1.15. The third-order valence-corrected chi connectivity index (χ3v) is 3.46. The fourth-order valence-electron chi connectivity index (χ4n) is 1.55. The normalized spacial score (nSPS) is 17.7. The van der Waals surface area contributed by atoms with Crippen LogP contribution in [0, 0.1) is 6.92 Å². The van der Waals surface area contributed by atoms with Crippen molar-refractivity contribution in [3.8, 4) is 5.88 Å². The Balaban J connectivity index is 2.06. The average molecular weight is 272 g/mol. The van der Waals surface area contributed by atoms with Crippen molar-refractivity contribution in [3.05, 3.63) is 22.3 Å². The molecule has 3 nitrogen and oxygen atoms in total. The van der Waals surface area contributed by atoms with Gasteiger partial charge in [-0.1, -0.05) is 0 Å². The summed E-state index contributed by atoms with van der Waals surface area (Å²) in [5, 5.41) is 0. The Morgan fingerprint density at radius 1 is 1.47 bits per heavy atom. The largest absolute Gasteiger partial charge is 0.473 e. The van der Waals surface area contributed by atoms with Crippen LogP contribution in [0.15, 0.2) is 16.7 Å². The summed E-state index contributed by atoms with van der Waals surface area (Å²) < 4.78 is 12.1. The molecule has 82 valence electrons. The van der Waals surface area contributed by atoms with Crippen LogP contribution in [0.25, 0.3) is 0 Å². The van der Waals surface area contributed by atoms with E-state index in [1.54, 1.807) is 6.20 Å². The molecule has 1 aliphatic heterocycles. The number of nitrogens with zero attached hydrogens (tertiary/aromatic N) is 1. The third-order valence-electron chi connectivity index (χ3n) is 2.50. The molecule has 0 saturated carbocycles. The molecule has 1 aliphatic rings. The molecule has 0 spiro atoms. The Morgan fingerprint density at radius 3 is 2.93 bits per heavy atom. The first-order valence-corrected chi connectivity index (χ1v) is 5.92. The van der Waals surface area contributed by atoms with E-state index in [2.05, 4.69) is 20.9 Å². The molecule has 1 saturated heterocycles. The van der Waals surface area contributed by atoms with Gasteiger partial charge in [-0.15, -0.1) is 0 Å². The van der Waals surface area contributed by atoms with Gasteiger partial charge in [-0.3, -0.25) is 0 Å². The maximum atomic E-state index is 5.83. The van der Waals surface area contributed by atoms with Crippen LogP contribution >= 0.6 is 15.9 Å². The van der Waals surface area contributed by atoms with Gasteiger partial charge in [0.2, 0.25) is 5.88 Å². The maximum absolute atomic E-state index is 5.83. The van der Waals surface area contributed by atoms with E-state index in [-0.39, 0.29) is 6.10 Å². The molecular formula is C11H14BrNO2. The number of aromatic nitrogens is 1. The molecule has 0 radical (unpaired) electrons. The van der Waals surface area contributed by atoms with E-state index in [1.807, 2.05) is 13.0 Å². The molecule has 2 heterocycles. The van der Waals surface area contributed by atoms with Crippen LogP contribution in [0.5, 0.6) is 5.88 Å². The van der Waals surface area contributed by atoms with E-state index in [1.165, 1.54) is 0 Å². The molecule has 1 aromatic rings. The highest BCUT2D eigenvalue weighted by Crippen LogP contribution is 2.27. The second kappa shape index (κ2) is 4.94. The molecule has 4 heteroatoms. The Bertz CT molecular complexity index is 337. The summed E-state index contributed by atoms with van der Waals surface area (Å²) in [7, 11) is 0. The van der Waals surface area contributed by atoms with Gasteiger partial charge in [-0.2, -0.15) is 0 Å². The van der Waals surface area contributed by atoms with Gasteiger partial charge in [0.05, 0.1) is 17.7 Å². The number of rotatable bonds is 2. The van der Waals surface area contributed by atoms with E-state index in [0.29, 0.717) is 5.88 Å². The van der Waals surface area contributed by atoms with Gasteiger partial charge in [0.25, 0.3) is 0 Å². The van der Waals surface area contributed by atoms with Crippen molar-refractivity contribution >= 4 is 15.9 Å². The lowest BCUT2D eigenvalue weighted by Crippen LogP contribution is -2.26. The number of aryl methyl sites for hydroxylation is 1. The van der Waals surface area contributed by atoms with Crippen molar-refractivity contribution in [2.45, 2.75) is 25.9 Å². The lowest BCUT2D eigenvalue weighted by Gasteiger charge is -2.23. The maximum Gasteiger partial charge on any atom is 0.228 e. The number of halogens is 1. The number of hydrogen-bond donors (Lipinski definition) is 0. The smallest absolute Gasteiger partial charge is 0.228 e. The Hall–Kier alpha value is -0.610. The van der Waals surface area contributed by atoms with Crippen molar-refractivity contribution in [3.63, 3.8) is 0 Å². The first kappa shape index (κ1) is 10.9. The molecule has 2 rings (SSSR count). The van der Waals surface area contributed by atoms with Gasteiger partial charge in [0.1, 0.15) is 6.10 Å². The number of hydrogen-bond acceptors (Lipinski definition) is 3. The molecule has 15 heavy (non-hydrogen) atoms. The minimum atomic E-state index is 0.240. The van der Waals surface area contributed by atoms with Crippen molar-refractivity contribution in [2.24, 2.45) is 0 Å². The molecular weight excluding hydrogens is 258 g/mol. The molecule has 1 aromatic heterocycles. The average Bonchev–Trinajstić information content (AvgIpc) is 2.26. The number of pyridine rings is 1. The minimum absolute atomic E-state index is 0.240. The zero-order chi connectivity index (χ0) is 10.7. The highest BCUT2D eigenvalue weighted by Gasteiger charge is 2.17. The number of ether oxygens (including phenoxy) is 2. The van der Waals surface area contributed by atoms with E-state index in [9.17, 15) is 0 Å². The van der Waals surface area contributed by atoms with Gasteiger partial charge in [0.15, 0.2) is 0 Å². The first-order valence-electron chi connectivity index (χ1n) is 5.13. The summed E-state index contributed by atoms with van der Waals surface area (Å²) in [4.78, 5) is 4.22.